The molecule has 0 bridgehead atoms. The van der Waals surface area contributed by atoms with Crippen molar-refractivity contribution in [3.05, 3.63) is 12.7 Å². The topological polar surface area (TPSA) is 30.7 Å². The van der Waals surface area contributed by atoms with Gasteiger partial charge in [-0.1, -0.05) is 19.3 Å². The van der Waals surface area contributed by atoms with Gasteiger partial charge in [-0.15, -0.1) is 10.2 Å². The molecule has 1 aromatic heterocycles. The Kier molecular flexibility index (Phi) is 1.88. The van der Waals surface area contributed by atoms with Gasteiger partial charge in [-0.3, -0.25) is 0 Å². The maximum Gasteiger partial charge on any atom is 0.202 e. The van der Waals surface area contributed by atoms with Gasteiger partial charge in [-0.05, 0) is 12.8 Å². The van der Waals surface area contributed by atoms with Crippen LogP contribution in [0.2, 0.25) is 0 Å². The van der Waals surface area contributed by atoms with E-state index in [1.807, 2.05) is 4.57 Å². The number of hydrogen-bond donors (Lipinski definition) is 0. The van der Waals surface area contributed by atoms with E-state index in [9.17, 15) is 0 Å². The summed E-state index contributed by atoms with van der Waals surface area (Å²) in [6.07, 6.45) is 11.3. The lowest BCUT2D eigenvalue weighted by Crippen LogP contribution is -2.10. The van der Waals surface area contributed by atoms with E-state index in [1.54, 1.807) is 6.33 Å². The Morgan fingerprint density at radius 3 is 2.73 bits per heavy atom. The van der Waals surface area contributed by atoms with Crippen molar-refractivity contribution < 1.29 is 0 Å². The first-order valence-electron chi connectivity index (χ1n) is 4.24. The number of rotatable bonds is 1. The van der Waals surface area contributed by atoms with Crippen molar-refractivity contribution in [3.63, 3.8) is 0 Å². The summed E-state index contributed by atoms with van der Waals surface area (Å²) >= 11 is 0. The van der Waals surface area contributed by atoms with Crippen molar-refractivity contribution in [3.8, 4) is 0 Å². The number of hydrogen-bond acceptors (Lipinski definition) is 2. The van der Waals surface area contributed by atoms with Gasteiger partial charge in [-0.25, -0.2) is 0 Å². The minimum Gasteiger partial charge on any atom is -0.308 e. The van der Waals surface area contributed by atoms with Crippen LogP contribution in [0.3, 0.4) is 0 Å². The van der Waals surface area contributed by atoms with Gasteiger partial charge in [0.25, 0.3) is 0 Å². The fourth-order valence-electron chi connectivity index (χ4n) is 1.72. The van der Waals surface area contributed by atoms with Crippen molar-refractivity contribution in [1.29, 1.82) is 0 Å². The molecule has 2 rings (SSSR count). The monoisotopic (exact) mass is 150 g/mol. The van der Waals surface area contributed by atoms with Crippen LogP contribution in [-0.2, 0) is 0 Å². The van der Waals surface area contributed by atoms with E-state index >= 15 is 0 Å². The van der Waals surface area contributed by atoms with Crippen LogP contribution < -0.4 is 0 Å². The van der Waals surface area contributed by atoms with Gasteiger partial charge in [0, 0.05) is 6.04 Å². The summed E-state index contributed by atoms with van der Waals surface area (Å²) in [5, 5.41) is 7.44. The van der Waals surface area contributed by atoms with Gasteiger partial charge in [-0.2, -0.15) is 0 Å². The van der Waals surface area contributed by atoms with Crippen LogP contribution in [-0.4, -0.2) is 14.8 Å². The first-order chi connectivity index (χ1) is 5.47. The van der Waals surface area contributed by atoms with E-state index in [0.717, 1.165) is 0 Å². The number of nitrogens with zero attached hydrogens (tertiary/aromatic N) is 3. The average Bonchev–Trinajstić information content (AvgIpc) is 2.58. The Morgan fingerprint density at radius 2 is 2.09 bits per heavy atom. The quantitative estimate of drug-likeness (QED) is 0.608. The summed E-state index contributed by atoms with van der Waals surface area (Å²) in [6, 6.07) is 0.624. The van der Waals surface area contributed by atoms with Crippen molar-refractivity contribution in [1.82, 2.24) is 14.8 Å². The van der Waals surface area contributed by atoms with Gasteiger partial charge in [0.05, 0.1) is 0 Å². The Morgan fingerprint density at radius 1 is 1.27 bits per heavy atom. The Hall–Kier alpha value is -0.860. The standard InChI is InChI=1S/C8H12N3/c1-2-4-8(5-3-1)11-6-9-10-7-11/h6,8H,1-5H2. The molecule has 1 fully saturated rings. The van der Waals surface area contributed by atoms with Gasteiger partial charge in [0.1, 0.15) is 6.33 Å². The zero-order valence-electron chi connectivity index (χ0n) is 6.53. The summed E-state index contributed by atoms with van der Waals surface area (Å²) in [4.78, 5) is 0. The molecule has 0 spiro atoms. The fraction of sp³-hybridized carbons (Fsp3) is 0.750. The Balaban J connectivity index is 2.04. The van der Waals surface area contributed by atoms with Gasteiger partial charge >= 0.3 is 0 Å². The van der Waals surface area contributed by atoms with Crippen molar-refractivity contribution >= 4 is 0 Å². The molecule has 0 unspecified atom stereocenters. The molecule has 1 aliphatic rings. The van der Waals surface area contributed by atoms with Crippen LogP contribution in [0, 0.1) is 6.33 Å². The molecule has 1 aliphatic carbocycles. The second kappa shape index (κ2) is 3.03. The van der Waals surface area contributed by atoms with Crippen LogP contribution in [0.15, 0.2) is 6.33 Å². The first kappa shape index (κ1) is 6.83. The molecule has 0 N–H and O–H groups in total. The Bertz CT molecular complexity index is 199. The maximum atomic E-state index is 3.75. The molecule has 11 heavy (non-hydrogen) atoms. The highest BCUT2D eigenvalue weighted by atomic mass is 15.2. The summed E-state index contributed by atoms with van der Waals surface area (Å²) in [6.45, 7) is 0. The predicted octanol–water partition coefficient (Wildman–Crippen LogP) is 1.58. The van der Waals surface area contributed by atoms with Crippen LogP contribution in [0.4, 0.5) is 0 Å². The maximum absolute atomic E-state index is 3.75. The lowest BCUT2D eigenvalue weighted by Gasteiger charge is -2.21. The Labute approximate surface area is 66.4 Å². The molecule has 0 aromatic carbocycles. The largest absolute Gasteiger partial charge is 0.308 e. The average molecular weight is 150 g/mol. The van der Waals surface area contributed by atoms with Crippen molar-refractivity contribution in [2.75, 3.05) is 0 Å². The molecule has 59 valence electrons. The molecule has 1 aromatic rings. The number of aromatic nitrogens is 3. The molecular formula is C8H12N3. The molecule has 3 nitrogen and oxygen atoms in total. The van der Waals surface area contributed by atoms with E-state index in [4.69, 9.17) is 0 Å². The summed E-state index contributed by atoms with van der Waals surface area (Å²) in [5.41, 5.74) is 0. The van der Waals surface area contributed by atoms with Gasteiger partial charge in [0.2, 0.25) is 6.33 Å². The highest BCUT2D eigenvalue weighted by Gasteiger charge is 2.14. The third kappa shape index (κ3) is 1.42. The van der Waals surface area contributed by atoms with E-state index in [1.165, 1.54) is 32.1 Å². The zero-order valence-corrected chi connectivity index (χ0v) is 6.53. The third-order valence-electron chi connectivity index (χ3n) is 2.36. The van der Waals surface area contributed by atoms with Crippen molar-refractivity contribution in [2.24, 2.45) is 0 Å². The molecule has 0 saturated heterocycles. The molecule has 1 saturated carbocycles. The molecule has 1 heterocycles. The van der Waals surface area contributed by atoms with Crippen LogP contribution in [0.25, 0.3) is 0 Å². The molecule has 0 amide bonds. The van der Waals surface area contributed by atoms with Gasteiger partial charge in [0.15, 0.2) is 0 Å². The van der Waals surface area contributed by atoms with E-state index in [2.05, 4.69) is 16.5 Å². The minimum absolute atomic E-state index is 0.624. The predicted molar refractivity (Wildman–Crippen MR) is 41.0 cm³/mol. The first-order valence-corrected chi connectivity index (χ1v) is 4.24. The minimum atomic E-state index is 0.624. The molecule has 1 radical (unpaired) electrons. The zero-order chi connectivity index (χ0) is 7.52. The fourth-order valence-corrected chi connectivity index (χ4v) is 1.72. The SMILES string of the molecule is [c]1nncn1C1CCCCC1. The third-order valence-corrected chi connectivity index (χ3v) is 2.36. The summed E-state index contributed by atoms with van der Waals surface area (Å²) in [7, 11) is 0. The molecule has 0 aliphatic heterocycles. The highest BCUT2D eigenvalue weighted by Crippen LogP contribution is 2.26. The summed E-state index contributed by atoms with van der Waals surface area (Å²) < 4.78 is 2.01. The lowest BCUT2D eigenvalue weighted by atomic mass is 9.95. The lowest BCUT2D eigenvalue weighted by molar-refractivity contribution is 0.351. The van der Waals surface area contributed by atoms with E-state index in [0.29, 0.717) is 6.04 Å². The van der Waals surface area contributed by atoms with Crippen molar-refractivity contribution in [2.45, 2.75) is 38.1 Å². The van der Waals surface area contributed by atoms with Gasteiger partial charge < -0.3 is 4.57 Å². The molecule has 3 heteroatoms. The molecular weight excluding hydrogens is 138 g/mol. The van der Waals surface area contributed by atoms with E-state index in [-0.39, 0.29) is 0 Å². The smallest absolute Gasteiger partial charge is 0.202 e. The normalized spacial score (nSPS) is 20.4. The summed E-state index contributed by atoms with van der Waals surface area (Å²) in [5.74, 6) is 0. The van der Waals surface area contributed by atoms with Crippen LogP contribution >= 0.6 is 0 Å². The van der Waals surface area contributed by atoms with Crippen LogP contribution in [0.5, 0.6) is 0 Å². The molecule has 0 atom stereocenters. The second-order valence-electron chi connectivity index (χ2n) is 3.13. The van der Waals surface area contributed by atoms with E-state index < -0.39 is 0 Å². The highest BCUT2D eigenvalue weighted by molar-refractivity contribution is 4.74. The van der Waals surface area contributed by atoms with Crippen LogP contribution in [0.1, 0.15) is 38.1 Å². The second-order valence-corrected chi connectivity index (χ2v) is 3.13.